The van der Waals surface area contributed by atoms with Gasteiger partial charge in [0.25, 0.3) is 0 Å². The van der Waals surface area contributed by atoms with Gasteiger partial charge in [-0.1, -0.05) is 32.4 Å². The third-order valence-corrected chi connectivity index (χ3v) is 5.64. The number of likely N-dealkylation sites (tertiary alicyclic amines) is 1. The molecule has 0 aromatic rings. The quantitative estimate of drug-likeness (QED) is 0.599. The molecule has 1 saturated heterocycles. The minimum absolute atomic E-state index is 0.154. The molecule has 2 aliphatic carbocycles. The van der Waals surface area contributed by atoms with Crippen molar-refractivity contribution in [1.82, 2.24) is 10.2 Å². The number of hydrogen-bond donors (Lipinski definition) is 1. The molecule has 2 fully saturated rings. The molecule has 3 atom stereocenters. The first-order valence-electron chi connectivity index (χ1n) is 9.28. The molecule has 3 aliphatic rings. The number of rotatable bonds is 6. The number of allylic oxidation sites excluding steroid dienone is 2. The van der Waals surface area contributed by atoms with Gasteiger partial charge in [-0.05, 0) is 43.9 Å². The Bertz CT molecular complexity index is 525. The van der Waals surface area contributed by atoms with Gasteiger partial charge < -0.3 is 5.32 Å². The Morgan fingerprint density at radius 2 is 1.75 bits per heavy atom. The van der Waals surface area contributed by atoms with Gasteiger partial charge in [-0.2, -0.15) is 0 Å². The molecule has 3 rings (SSSR count). The highest BCUT2D eigenvalue weighted by atomic mass is 16.2. The van der Waals surface area contributed by atoms with Crippen LogP contribution < -0.4 is 5.32 Å². The molecule has 1 N–H and O–H groups in total. The predicted octanol–water partition coefficient (Wildman–Crippen LogP) is 2.27. The van der Waals surface area contributed by atoms with E-state index < -0.39 is 6.04 Å². The molecule has 0 unspecified atom stereocenters. The first-order valence-corrected chi connectivity index (χ1v) is 9.28. The third-order valence-electron chi connectivity index (χ3n) is 5.64. The Morgan fingerprint density at radius 1 is 1.17 bits per heavy atom. The van der Waals surface area contributed by atoms with Crippen LogP contribution in [-0.2, 0) is 14.4 Å². The van der Waals surface area contributed by atoms with Gasteiger partial charge in [0.1, 0.15) is 6.04 Å². The lowest BCUT2D eigenvalue weighted by Crippen LogP contribution is -2.51. The molecule has 1 aliphatic heterocycles. The molecule has 0 bridgehead atoms. The Balaban J connectivity index is 1.73. The molecule has 0 aromatic heterocycles. The molecule has 132 valence electrons. The molecule has 24 heavy (non-hydrogen) atoms. The maximum Gasteiger partial charge on any atom is 0.243 e. The van der Waals surface area contributed by atoms with E-state index >= 15 is 0 Å². The van der Waals surface area contributed by atoms with Crippen LogP contribution in [-0.4, -0.2) is 35.2 Å². The Hall–Kier alpha value is -1.65. The van der Waals surface area contributed by atoms with Gasteiger partial charge in [-0.3, -0.25) is 19.3 Å². The first-order chi connectivity index (χ1) is 11.5. The number of imide groups is 1. The van der Waals surface area contributed by atoms with Crippen LogP contribution in [0.3, 0.4) is 0 Å². The zero-order valence-corrected chi connectivity index (χ0v) is 14.7. The van der Waals surface area contributed by atoms with Gasteiger partial charge in [0.2, 0.25) is 17.7 Å². The Labute approximate surface area is 143 Å². The molecule has 1 heterocycles. The Morgan fingerprint density at radius 3 is 2.21 bits per heavy atom. The fourth-order valence-electron chi connectivity index (χ4n) is 3.97. The van der Waals surface area contributed by atoms with Crippen LogP contribution in [0.15, 0.2) is 12.2 Å². The fourth-order valence-corrected chi connectivity index (χ4v) is 3.97. The topological polar surface area (TPSA) is 66.5 Å². The molecule has 0 aromatic carbocycles. The van der Waals surface area contributed by atoms with Crippen molar-refractivity contribution < 1.29 is 14.4 Å². The predicted molar refractivity (Wildman–Crippen MR) is 90.8 cm³/mol. The van der Waals surface area contributed by atoms with E-state index in [0.717, 1.165) is 12.8 Å². The van der Waals surface area contributed by atoms with Crippen LogP contribution >= 0.6 is 0 Å². The van der Waals surface area contributed by atoms with Gasteiger partial charge >= 0.3 is 0 Å². The normalized spacial score (nSPS) is 28.0. The standard InChI is InChI=1S/C19H28N2O3/c1-12(2)10-16(17(22)20-11-13-6-5-7-13)21-18(23)14-8-3-4-9-15(14)19(21)24/h3-4,12-16H,5-11H2,1-2H3,(H,20,22)/t14-,15+,16-/m1/s1. The van der Waals surface area contributed by atoms with Crippen molar-refractivity contribution in [3.63, 3.8) is 0 Å². The van der Waals surface area contributed by atoms with E-state index in [4.69, 9.17) is 0 Å². The zero-order chi connectivity index (χ0) is 17.3. The maximum absolute atomic E-state index is 12.8. The summed E-state index contributed by atoms with van der Waals surface area (Å²) >= 11 is 0. The summed E-state index contributed by atoms with van der Waals surface area (Å²) in [7, 11) is 0. The molecule has 5 heteroatoms. The smallest absolute Gasteiger partial charge is 0.243 e. The van der Waals surface area contributed by atoms with Crippen molar-refractivity contribution in [3.8, 4) is 0 Å². The molecular formula is C19H28N2O3. The maximum atomic E-state index is 12.8. The lowest BCUT2D eigenvalue weighted by atomic mass is 9.85. The fraction of sp³-hybridized carbons (Fsp3) is 0.737. The van der Waals surface area contributed by atoms with Crippen molar-refractivity contribution in [1.29, 1.82) is 0 Å². The Kier molecular flexibility index (Phi) is 5.07. The van der Waals surface area contributed by atoms with Crippen molar-refractivity contribution in [2.45, 2.75) is 58.4 Å². The second-order valence-electron chi connectivity index (χ2n) is 7.89. The lowest BCUT2D eigenvalue weighted by Gasteiger charge is -2.30. The highest BCUT2D eigenvalue weighted by Gasteiger charge is 2.51. The number of carbonyl (C=O) groups is 3. The van der Waals surface area contributed by atoms with Crippen LogP contribution in [0, 0.1) is 23.7 Å². The third kappa shape index (κ3) is 3.26. The molecule has 5 nitrogen and oxygen atoms in total. The van der Waals surface area contributed by atoms with Gasteiger partial charge in [0.05, 0.1) is 11.8 Å². The molecule has 3 amide bonds. The van der Waals surface area contributed by atoms with Crippen molar-refractivity contribution in [2.24, 2.45) is 23.7 Å². The van der Waals surface area contributed by atoms with Gasteiger partial charge in [-0.25, -0.2) is 0 Å². The monoisotopic (exact) mass is 332 g/mol. The molecular weight excluding hydrogens is 304 g/mol. The number of nitrogens with one attached hydrogen (secondary N) is 1. The molecule has 1 saturated carbocycles. The largest absolute Gasteiger partial charge is 0.354 e. The molecule has 0 radical (unpaired) electrons. The van der Waals surface area contributed by atoms with Crippen LogP contribution in [0.4, 0.5) is 0 Å². The highest BCUT2D eigenvalue weighted by Crippen LogP contribution is 2.37. The summed E-state index contributed by atoms with van der Waals surface area (Å²) in [5.41, 5.74) is 0. The zero-order valence-electron chi connectivity index (χ0n) is 14.7. The minimum atomic E-state index is -0.657. The van der Waals surface area contributed by atoms with Crippen molar-refractivity contribution in [3.05, 3.63) is 12.2 Å². The van der Waals surface area contributed by atoms with E-state index in [0.29, 0.717) is 31.7 Å². The highest BCUT2D eigenvalue weighted by molar-refractivity contribution is 6.08. The minimum Gasteiger partial charge on any atom is -0.354 e. The molecule has 0 spiro atoms. The lowest BCUT2D eigenvalue weighted by molar-refractivity contribution is -0.148. The summed E-state index contributed by atoms with van der Waals surface area (Å²) in [5, 5.41) is 2.99. The number of carbonyl (C=O) groups excluding carboxylic acids is 3. The van der Waals surface area contributed by atoms with Gasteiger partial charge in [0.15, 0.2) is 0 Å². The van der Waals surface area contributed by atoms with Crippen LogP contribution in [0.2, 0.25) is 0 Å². The second-order valence-corrected chi connectivity index (χ2v) is 7.89. The summed E-state index contributed by atoms with van der Waals surface area (Å²) in [5.74, 6) is -0.203. The van der Waals surface area contributed by atoms with Gasteiger partial charge in [-0.15, -0.1) is 0 Å². The summed E-state index contributed by atoms with van der Waals surface area (Å²) < 4.78 is 0. The van der Waals surface area contributed by atoms with Crippen LogP contribution in [0.25, 0.3) is 0 Å². The number of hydrogen-bond acceptors (Lipinski definition) is 3. The number of fused-ring (bicyclic) bond motifs is 1. The van der Waals surface area contributed by atoms with Crippen molar-refractivity contribution in [2.75, 3.05) is 6.54 Å². The van der Waals surface area contributed by atoms with Crippen molar-refractivity contribution >= 4 is 17.7 Å². The van der Waals surface area contributed by atoms with Crippen LogP contribution in [0.1, 0.15) is 52.4 Å². The number of amides is 3. The summed E-state index contributed by atoms with van der Waals surface area (Å²) in [6, 6.07) is -0.657. The summed E-state index contributed by atoms with van der Waals surface area (Å²) in [6.45, 7) is 4.70. The van der Waals surface area contributed by atoms with E-state index in [1.807, 2.05) is 26.0 Å². The SMILES string of the molecule is CC(C)C[C@H](C(=O)NCC1CCC1)N1C(=O)[C@H]2CC=CC[C@H]2C1=O. The average Bonchev–Trinajstić information content (AvgIpc) is 2.75. The van der Waals surface area contributed by atoms with Crippen LogP contribution in [0.5, 0.6) is 0 Å². The van der Waals surface area contributed by atoms with E-state index in [-0.39, 0.29) is 35.5 Å². The van der Waals surface area contributed by atoms with E-state index in [9.17, 15) is 14.4 Å². The summed E-state index contributed by atoms with van der Waals surface area (Å²) in [4.78, 5) is 39.6. The summed E-state index contributed by atoms with van der Waals surface area (Å²) in [6.07, 6.45) is 9.26. The van der Waals surface area contributed by atoms with E-state index in [2.05, 4.69) is 5.32 Å². The average molecular weight is 332 g/mol. The number of nitrogens with zero attached hydrogens (tertiary/aromatic N) is 1. The van der Waals surface area contributed by atoms with E-state index in [1.165, 1.54) is 11.3 Å². The first kappa shape index (κ1) is 17.2. The second kappa shape index (κ2) is 7.08. The van der Waals surface area contributed by atoms with E-state index in [1.54, 1.807) is 0 Å². The van der Waals surface area contributed by atoms with Gasteiger partial charge in [0, 0.05) is 6.54 Å².